The number of piperidine rings is 1. The van der Waals surface area contributed by atoms with Crippen molar-refractivity contribution in [3.8, 4) is 10.9 Å². The molecular formula is C22H23FN2O5S2. The quantitative estimate of drug-likeness (QED) is 0.482. The normalized spacial score (nSPS) is 15.1. The SMILES string of the molecule is COc1ccc2sc(OC3CCN(C(=O)CCS(=O)(=O)c4ccc(F)cc4)CC3)nc2c1. The van der Waals surface area contributed by atoms with Gasteiger partial charge < -0.3 is 14.4 Å². The van der Waals surface area contributed by atoms with Gasteiger partial charge >= 0.3 is 0 Å². The number of rotatable bonds is 7. The molecule has 0 atom stereocenters. The molecule has 2 heterocycles. The third-order valence-electron chi connectivity index (χ3n) is 5.39. The van der Waals surface area contributed by atoms with Crippen molar-refractivity contribution in [3.05, 3.63) is 48.3 Å². The summed E-state index contributed by atoms with van der Waals surface area (Å²) in [5.74, 6) is -0.275. The van der Waals surface area contributed by atoms with Crippen LogP contribution in [0.2, 0.25) is 0 Å². The van der Waals surface area contributed by atoms with E-state index in [9.17, 15) is 17.6 Å². The second-order valence-corrected chi connectivity index (χ2v) is 10.6. The number of nitrogens with zero attached hydrogens (tertiary/aromatic N) is 2. The molecule has 0 aliphatic carbocycles. The Balaban J connectivity index is 1.27. The summed E-state index contributed by atoms with van der Waals surface area (Å²) < 4.78 is 50.0. The van der Waals surface area contributed by atoms with Gasteiger partial charge in [0, 0.05) is 38.4 Å². The van der Waals surface area contributed by atoms with Crippen molar-refractivity contribution in [2.24, 2.45) is 0 Å². The number of amides is 1. The van der Waals surface area contributed by atoms with Gasteiger partial charge in [-0.15, -0.1) is 0 Å². The van der Waals surface area contributed by atoms with Gasteiger partial charge in [-0.3, -0.25) is 4.79 Å². The first-order valence-electron chi connectivity index (χ1n) is 10.2. The lowest BCUT2D eigenvalue weighted by molar-refractivity contribution is -0.132. The lowest BCUT2D eigenvalue weighted by Gasteiger charge is -2.31. The third-order valence-corrected chi connectivity index (χ3v) is 8.05. The van der Waals surface area contributed by atoms with Crippen LogP contribution >= 0.6 is 11.3 Å². The van der Waals surface area contributed by atoms with Gasteiger partial charge in [0.2, 0.25) is 5.91 Å². The van der Waals surface area contributed by atoms with E-state index in [1.165, 1.54) is 23.5 Å². The first-order valence-corrected chi connectivity index (χ1v) is 12.7. The highest BCUT2D eigenvalue weighted by Gasteiger charge is 2.26. The van der Waals surface area contributed by atoms with Crippen LogP contribution in [0.25, 0.3) is 10.2 Å². The molecule has 0 radical (unpaired) electrons. The molecule has 0 N–H and O–H groups in total. The largest absolute Gasteiger partial charge is 0.497 e. The van der Waals surface area contributed by atoms with Crippen LogP contribution in [0.4, 0.5) is 4.39 Å². The maximum atomic E-state index is 13.0. The highest BCUT2D eigenvalue weighted by atomic mass is 32.2. The summed E-state index contributed by atoms with van der Waals surface area (Å²) in [5, 5.41) is 0.587. The topological polar surface area (TPSA) is 85.8 Å². The van der Waals surface area contributed by atoms with E-state index >= 15 is 0 Å². The Morgan fingerprint density at radius 1 is 1.19 bits per heavy atom. The molecule has 10 heteroatoms. The number of carbonyl (C=O) groups is 1. The van der Waals surface area contributed by atoms with E-state index in [1.807, 2.05) is 18.2 Å². The van der Waals surface area contributed by atoms with Gasteiger partial charge in [0.1, 0.15) is 17.7 Å². The molecule has 0 spiro atoms. The van der Waals surface area contributed by atoms with Gasteiger partial charge in [-0.05, 0) is 36.4 Å². The number of hydrogen-bond acceptors (Lipinski definition) is 7. The molecule has 0 bridgehead atoms. The summed E-state index contributed by atoms with van der Waals surface area (Å²) in [6.45, 7) is 0.998. The van der Waals surface area contributed by atoms with E-state index in [0.717, 1.165) is 28.1 Å². The summed E-state index contributed by atoms with van der Waals surface area (Å²) in [6, 6.07) is 10.3. The highest BCUT2D eigenvalue weighted by Crippen LogP contribution is 2.32. The Bertz CT molecular complexity index is 1200. The number of carbonyl (C=O) groups excluding carboxylic acids is 1. The maximum absolute atomic E-state index is 13.0. The lowest BCUT2D eigenvalue weighted by atomic mass is 10.1. The van der Waals surface area contributed by atoms with Crippen LogP contribution in [0, 0.1) is 5.82 Å². The minimum Gasteiger partial charge on any atom is -0.497 e. The third kappa shape index (κ3) is 5.18. The fourth-order valence-electron chi connectivity index (χ4n) is 3.57. The van der Waals surface area contributed by atoms with E-state index in [2.05, 4.69) is 4.98 Å². The van der Waals surface area contributed by atoms with Crippen molar-refractivity contribution in [3.63, 3.8) is 0 Å². The number of aromatic nitrogens is 1. The molecule has 170 valence electrons. The van der Waals surface area contributed by atoms with Crippen LogP contribution in [0.5, 0.6) is 10.9 Å². The zero-order chi connectivity index (χ0) is 22.7. The number of ether oxygens (including phenoxy) is 2. The van der Waals surface area contributed by atoms with Crippen LogP contribution in [0.3, 0.4) is 0 Å². The molecular weight excluding hydrogens is 455 g/mol. The number of fused-ring (bicyclic) bond motifs is 1. The summed E-state index contributed by atoms with van der Waals surface area (Å²) in [4.78, 5) is 18.7. The van der Waals surface area contributed by atoms with E-state index in [4.69, 9.17) is 9.47 Å². The zero-order valence-corrected chi connectivity index (χ0v) is 19.1. The average Bonchev–Trinajstić information content (AvgIpc) is 3.19. The molecule has 1 aliphatic rings. The fraction of sp³-hybridized carbons (Fsp3) is 0.364. The molecule has 1 amide bonds. The maximum Gasteiger partial charge on any atom is 0.274 e. The van der Waals surface area contributed by atoms with E-state index < -0.39 is 15.7 Å². The molecule has 2 aromatic carbocycles. The molecule has 3 aromatic rings. The number of benzene rings is 2. The van der Waals surface area contributed by atoms with Crippen molar-refractivity contribution in [1.29, 1.82) is 0 Å². The minimum atomic E-state index is -3.63. The predicted molar refractivity (Wildman–Crippen MR) is 119 cm³/mol. The van der Waals surface area contributed by atoms with E-state index in [-0.39, 0.29) is 29.1 Å². The smallest absolute Gasteiger partial charge is 0.274 e. The molecule has 0 unspecified atom stereocenters. The van der Waals surface area contributed by atoms with E-state index in [1.54, 1.807) is 12.0 Å². The average molecular weight is 479 g/mol. The van der Waals surface area contributed by atoms with Crippen molar-refractivity contribution in [1.82, 2.24) is 9.88 Å². The Morgan fingerprint density at radius 3 is 2.59 bits per heavy atom. The number of likely N-dealkylation sites (tertiary alicyclic amines) is 1. The Kier molecular flexibility index (Phi) is 6.61. The first-order chi connectivity index (χ1) is 15.3. The standard InChI is InChI=1S/C22H23FN2O5S2/c1-29-17-4-7-20-19(14-17)24-22(31-20)30-16-8-11-25(12-9-16)21(26)10-13-32(27,28)18-5-2-15(23)3-6-18/h2-7,14,16H,8-13H2,1H3. The Morgan fingerprint density at radius 2 is 1.91 bits per heavy atom. The zero-order valence-electron chi connectivity index (χ0n) is 17.5. The van der Waals surface area contributed by atoms with Crippen LogP contribution in [-0.4, -0.2) is 56.3 Å². The predicted octanol–water partition coefficient (Wildman–Crippen LogP) is 3.68. The van der Waals surface area contributed by atoms with Gasteiger partial charge in [-0.25, -0.2) is 17.8 Å². The van der Waals surface area contributed by atoms with Crippen molar-refractivity contribution < 1.29 is 27.1 Å². The summed E-state index contributed by atoms with van der Waals surface area (Å²) in [7, 11) is -2.03. The summed E-state index contributed by atoms with van der Waals surface area (Å²) >= 11 is 1.47. The van der Waals surface area contributed by atoms with Gasteiger partial charge in [-0.2, -0.15) is 0 Å². The molecule has 32 heavy (non-hydrogen) atoms. The summed E-state index contributed by atoms with van der Waals surface area (Å²) in [6.07, 6.45) is 1.14. The number of sulfone groups is 1. The Labute approximate surface area is 189 Å². The molecule has 1 aliphatic heterocycles. The molecule has 0 saturated carbocycles. The fourth-order valence-corrected chi connectivity index (χ4v) is 5.66. The number of hydrogen-bond donors (Lipinski definition) is 0. The van der Waals surface area contributed by atoms with Gasteiger partial charge in [-0.1, -0.05) is 11.3 Å². The molecule has 4 rings (SSSR count). The number of methoxy groups -OCH3 is 1. The van der Waals surface area contributed by atoms with Crippen LogP contribution in [-0.2, 0) is 14.6 Å². The van der Waals surface area contributed by atoms with Crippen molar-refractivity contribution >= 4 is 37.3 Å². The first kappa shape index (κ1) is 22.5. The van der Waals surface area contributed by atoms with Crippen LogP contribution in [0.15, 0.2) is 47.4 Å². The molecule has 1 fully saturated rings. The van der Waals surface area contributed by atoms with Crippen LogP contribution < -0.4 is 9.47 Å². The molecule has 1 aromatic heterocycles. The second kappa shape index (κ2) is 9.41. The van der Waals surface area contributed by atoms with Crippen molar-refractivity contribution in [2.75, 3.05) is 26.0 Å². The van der Waals surface area contributed by atoms with Gasteiger partial charge in [0.15, 0.2) is 9.84 Å². The van der Waals surface area contributed by atoms with Gasteiger partial charge in [0.25, 0.3) is 5.19 Å². The van der Waals surface area contributed by atoms with Crippen molar-refractivity contribution in [2.45, 2.75) is 30.3 Å². The monoisotopic (exact) mass is 478 g/mol. The van der Waals surface area contributed by atoms with Gasteiger partial charge in [0.05, 0.1) is 28.0 Å². The minimum absolute atomic E-state index is 0.0206. The molecule has 7 nitrogen and oxygen atoms in total. The van der Waals surface area contributed by atoms with Crippen LogP contribution in [0.1, 0.15) is 19.3 Å². The van der Waals surface area contributed by atoms with E-state index in [0.29, 0.717) is 31.1 Å². The second-order valence-electron chi connectivity index (χ2n) is 7.53. The highest BCUT2D eigenvalue weighted by molar-refractivity contribution is 7.91. The Hall–Kier alpha value is -2.72. The lowest BCUT2D eigenvalue weighted by Crippen LogP contribution is -2.42. The summed E-state index contributed by atoms with van der Waals surface area (Å²) in [5.41, 5.74) is 0.819. The molecule has 1 saturated heterocycles. The number of thiazole rings is 1. The number of halogens is 1.